The first-order valence-electron chi connectivity index (χ1n) is 11.4. The molecule has 0 saturated carbocycles. The minimum atomic E-state index is -0.784. The summed E-state index contributed by atoms with van der Waals surface area (Å²) in [6.07, 6.45) is 11.0. The molecular formula is C24H32FN3O5. The number of hydrogen-bond donors (Lipinski definition) is 1. The number of likely N-dealkylation sites (N-methyl/N-ethyl adjacent to an activating group) is 1. The maximum absolute atomic E-state index is 12.9. The molecule has 33 heavy (non-hydrogen) atoms. The van der Waals surface area contributed by atoms with Crippen LogP contribution in [-0.2, 0) is 11.3 Å². The van der Waals surface area contributed by atoms with Gasteiger partial charge in [-0.15, -0.1) is 0 Å². The number of amides is 1. The van der Waals surface area contributed by atoms with Crippen molar-refractivity contribution in [3.05, 3.63) is 62.7 Å². The molecule has 1 aliphatic carbocycles. The van der Waals surface area contributed by atoms with Crippen molar-refractivity contribution < 1.29 is 19.0 Å². The predicted octanol–water partition coefficient (Wildman–Crippen LogP) is 3.07. The third-order valence-corrected chi connectivity index (χ3v) is 6.44. The number of aromatic hydroxyl groups is 1. The first kappa shape index (κ1) is 24.7. The molecule has 1 aromatic rings. The van der Waals surface area contributed by atoms with Gasteiger partial charge in [0.25, 0.3) is 11.5 Å². The van der Waals surface area contributed by atoms with Crippen LogP contribution in [-0.4, -0.2) is 50.3 Å². The third-order valence-electron chi connectivity index (χ3n) is 6.44. The van der Waals surface area contributed by atoms with Crippen LogP contribution in [0.5, 0.6) is 5.75 Å². The Morgan fingerprint density at radius 3 is 2.67 bits per heavy atom. The predicted molar refractivity (Wildman–Crippen MR) is 123 cm³/mol. The Kier molecular flexibility index (Phi) is 7.73. The van der Waals surface area contributed by atoms with Gasteiger partial charge in [0, 0.05) is 32.3 Å². The minimum absolute atomic E-state index is 0.168. The smallest absolute Gasteiger partial charge is 0.332 e. The minimum Gasteiger partial charge on any atom is -0.501 e. The largest absolute Gasteiger partial charge is 0.501 e. The summed E-state index contributed by atoms with van der Waals surface area (Å²) in [5.74, 6) is -1.27. The van der Waals surface area contributed by atoms with E-state index in [1.54, 1.807) is 12.2 Å². The summed E-state index contributed by atoms with van der Waals surface area (Å²) in [5, 5.41) is 10.4. The number of carbonyl (C=O) groups is 1. The number of carbonyl (C=O) groups excluding carboxylic acids is 1. The van der Waals surface area contributed by atoms with Gasteiger partial charge in [-0.3, -0.25) is 18.7 Å². The molecule has 3 aliphatic rings. The molecule has 0 radical (unpaired) electrons. The number of aromatic nitrogens is 2. The van der Waals surface area contributed by atoms with Crippen molar-refractivity contribution in [2.24, 2.45) is 0 Å². The Labute approximate surface area is 192 Å². The van der Waals surface area contributed by atoms with Gasteiger partial charge in [-0.1, -0.05) is 25.2 Å². The number of nitrogens with zero attached hydrogens (tertiary/aromatic N) is 3. The number of hydrogen-bond acceptors (Lipinski definition) is 5. The van der Waals surface area contributed by atoms with Crippen molar-refractivity contribution in [3.8, 4) is 5.75 Å². The lowest BCUT2D eigenvalue weighted by Crippen LogP contribution is -2.52. The van der Waals surface area contributed by atoms with Crippen LogP contribution in [0.15, 0.2) is 45.8 Å². The van der Waals surface area contributed by atoms with Crippen molar-refractivity contribution in [1.82, 2.24) is 14.0 Å². The first-order valence-corrected chi connectivity index (χ1v) is 11.4. The molecule has 4 rings (SSSR count). The van der Waals surface area contributed by atoms with Crippen LogP contribution in [0, 0.1) is 0 Å². The Balaban J connectivity index is 0.000000323. The molecule has 0 aromatic carbocycles. The molecule has 1 amide bonds. The second-order valence-corrected chi connectivity index (χ2v) is 8.61. The van der Waals surface area contributed by atoms with Crippen LogP contribution in [0.1, 0.15) is 63.0 Å². The van der Waals surface area contributed by atoms with Gasteiger partial charge in [0.2, 0.25) is 5.75 Å². The van der Waals surface area contributed by atoms with Crippen molar-refractivity contribution in [2.75, 3.05) is 19.7 Å². The van der Waals surface area contributed by atoms with E-state index in [9.17, 15) is 23.9 Å². The van der Waals surface area contributed by atoms with E-state index in [4.69, 9.17) is 4.74 Å². The fourth-order valence-corrected chi connectivity index (χ4v) is 4.30. The van der Waals surface area contributed by atoms with Gasteiger partial charge < -0.3 is 14.7 Å². The number of fused-ring (bicyclic) bond motifs is 1. The third kappa shape index (κ3) is 5.19. The van der Waals surface area contributed by atoms with Gasteiger partial charge in [-0.25, -0.2) is 9.18 Å². The molecule has 1 saturated heterocycles. The normalized spacial score (nSPS) is 24.5. The quantitative estimate of drug-likeness (QED) is 0.747. The fourth-order valence-electron chi connectivity index (χ4n) is 4.30. The molecule has 0 bridgehead atoms. The van der Waals surface area contributed by atoms with Crippen molar-refractivity contribution in [3.63, 3.8) is 0 Å². The van der Waals surface area contributed by atoms with Crippen LogP contribution in [0.4, 0.5) is 4.39 Å². The average molecular weight is 462 g/mol. The summed E-state index contributed by atoms with van der Waals surface area (Å²) in [6.45, 7) is 7.35. The van der Waals surface area contributed by atoms with E-state index in [-0.39, 0.29) is 24.1 Å². The molecule has 0 spiro atoms. The Morgan fingerprint density at radius 1 is 1.21 bits per heavy atom. The molecular weight excluding hydrogens is 429 g/mol. The van der Waals surface area contributed by atoms with E-state index in [0.717, 1.165) is 17.4 Å². The number of rotatable bonds is 3. The van der Waals surface area contributed by atoms with Crippen LogP contribution in [0.3, 0.4) is 0 Å². The summed E-state index contributed by atoms with van der Waals surface area (Å²) in [4.78, 5) is 39.6. The Morgan fingerprint density at radius 2 is 1.97 bits per heavy atom. The summed E-state index contributed by atoms with van der Waals surface area (Å²) in [6, 6.07) is -0.346. The van der Waals surface area contributed by atoms with Crippen molar-refractivity contribution in [2.45, 2.75) is 64.6 Å². The van der Waals surface area contributed by atoms with E-state index in [1.807, 2.05) is 26.8 Å². The summed E-state index contributed by atoms with van der Waals surface area (Å²) < 4.78 is 20.3. The zero-order valence-electron chi connectivity index (χ0n) is 19.4. The maximum Gasteiger partial charge on any atom is 0.332 e. The van der Waals surface area contributed by atoms with Gasteiger partial charge in [0.15, 0.2) is 5.69 Å². The monoisotopic (exact) mass is 461 g/mol. The standard InChI is InChI=1S/C17H25N3O5.C7H7F/c1-4-17(3)10-11(6-9-25-17)20-15(23)13(21)12-14(22)18(5-2)7-8-19(12)16(20)24;8-7-5-3-1-2-4-6-7/h11,21H,4-10H2,1-3H3;1,3-6H,2H2. The molecule has 2 aliphatic heterocycles. The highest BCUT2D eigenvalue weighted by molar-refractivity contribution is 5.95. The second kappa shape index (κ2) is 10.3. The SMILES string of the molecule is CCN1CCn2c(c(O)c(=O)n(C3CCOC(C)(CC)C3)c2=O)C1=O.FC1=CC=CCC=C1. The summed E-state index contributed by atoms with van der Waals surface area (Å²) in [7, 11) is 0. The lowest BCUT2D eigenvalue weighted by Gasteiger charge is -2.38. The van der Waals surface area contributed by atoms with Gasteiger partial charge in [-0.2, -0.15) is 0 Å². The van der Waals surface area contributed by atoms with E-state index >= 15 is 0 Å². The highest BCUT2D eigenvalue weighted by Gasteiger charge is 2.37. The molecule has 1 aromatic heterocycles. The van der Waals surface area contributed by atoms with Crippen LogP contribution in [0.2, 0.25) is 0 Å². The first-order chi connectivity index (χ1) is 15.7. The highest BCUT2D eigenvalue weighted by atomic mass is 19.1. The van der Waals surface area contributed by atoms with Crippen molar-refractivity contribution >= 4 is 5.91 Å². The highest BCUT2D eigenvalue weighted by Crippen LogP contribution is 2.33. The topological polar surface area (TPSA) is 93.8 Å². The zero-order valence-corrected chi connectivity index (χ0v) is 19.4. The summed E-state index contributed by atoms with van der Waals surface area (Å²) >= 11 is 0. The van der Waals surface area contributed by atoms with E-state index < -0.39 is 28.5 Å². The maximum atomic E-state index is 12.9. The number of allylic oxidation sites excluding steroid dienone is 6. The molecule has 1 N–H and O–H groups in total. The molecule has 3 heterocycles. The van der Waals surface area contributed by atoms with E-state index in [0.29, 0.717) is 32.5 Å². The summed E-state index contributed by atoms with van der Waals surface area (Å²) in [5.41, 5.74) is -1.90. The lowest BCUT2D eigenvalue weighted by atomic mass is 9.89. The average Bonchev–Trinajstić information content (AvgIpc) is 3.05. The number of ether oxygens (including phenoxy) is 1. The van der Waals surface area contributed by atoms with Crippen LogP contribution < -0.4 is 11.2 Å². The molecule has 2 atom stereocenters. The molecule has 9 heteroatoms. The van der Waals surface area contributed by atoms with E-state index in [2.05, 4.69) is 0 Å². The molecule has 180 valence electrons. The van der Waals surface area contributed by atoms with E-state index in [1.165, 1.54) is 21.6 Å². The molecule has 2 unspecified atom stereocenters. The van der Waals surface area contributed by atoms with Gasteiger partial charge in [0.1, 0.15) is 5.83 Å². The van der Waals surface area contributed by atoms with Gasteiger partial charge >= 0.3 is 5.69 Å². The fraction of sp³-hybridized carbons (Fsp3) is 0.542. The zero-order chi connectivity index (χ0) is 24.2. The number of halogens is 1. The van der Waals surface area contributed by atoms with Crippen molar-refractivity contribution in [1.29, 1.82) is 0 Å². The molecule has 8 nitrogen and oxygen atoms in total. The van der Waals surface area contributed by atoms with Crippen LogP contribution >= 0.6 is 0 Å². The van der Waals surface area contributed by atoms with Gasteiger partial charge in [0.05, 0.1) is 5.60 Å². The lowest BCUT2D eigenvalue weighted by molar-refractivity contribution is -0.0851. The Hall–Kier alpha value is -2.94. The molecule has 1 fully saturated rings. The second-order valence-electron chi connectivity index (χ2n) is 8.61. The van der Waals surface area contributed by atoms with Crippen LogP contribution in [0.25, 0.3) is 0 Å². The van der Waals surface area contributed by atoms with Gasteiger partial charge in [-0.05, 0) is 51.7 Å². The Bertz CT molecular complexity index is 1100.